The van der Waals surface area contributed by atoms with E-state index in [1.165, 1.54) is 0 Å². The van der Waals surface area contributed by atoms with Crippen molar-refractivity contribution in [3.05, 3.63) is 52.3 Å². The van der Waals surface area contributed by atoms with Gasteiger partial charge in [-0.05, 0) is 24.6 Å². The van der Waals surface area contributed by atoms with Gasteiger partial charge in [0, 0.05) is 37.3 Å². The summed E-state index contributed by atoms with van der Waals surface area (Å²) in [6.07, 6.45) is 0.655. The highest BCUT2D eigenvalue weighted by Crippen LogP contribution is 2.20. The standard InChI is InChI=1S/C17H20ClN3O2/c1-12-9-16(19-20(12)2)17(22)21-7-8-23-14(11-21)10-13-5-3-4-6-15(13)18/h3-6,9,14H,7-8,10-11H2,1-2H3/t14-/m1/s1. The maximum Gasteiger partial charge on any atom is 0.274 e. The fourth-order valence-electron chi connectivity index (χ4n) is 2.76. The molecule has 0 aliphatic carbocycles. The molecule has 1 amide bonds. The first-order valence-corrected chi connectivity index (χ1v) is 8.07. The normalized spacial score (nSPS) is 18.2. The predicted molar refractivity (Wildman–Crippen MR) is 88.7 cm³/mol. The topological polar surface area (TPSA) is 47.4 Å². The Morgan fingerprint density at radius 3 is 2.91 bits per heavy atom. The summed E-state index contributed by atoms with van der Waals surface area (Å²) < 4.78 is 7.52. The molecule has 2 heterocycles. The van der Waals surface area contributed by atoms with Crippen LogP contribution in [0.1, 0.15) is 21.7 Å². The van der Waals surface area contributed by atoms with Crippen molar-refractivity contribution in [2.75, 3.05) is 19.7 Å². The number of carbonyl (C=O) groups excluding carboxylic acids is 1. The van der Waals surface area contributed by atoms with E-state index in [-0.39, 0.29) is 12.0 Å². The fraction of sp³-hybridized carbons (Fsp3) is 0.412. The number of benzene rings is 1. The number of nitrogens with zero attached hydrogens (tertiary/aromatic N) is 3. The van der Waals surface area contributed by atoms with Gasteiger partial charge in [0.25, 0.3) is 5.91 Å². The first kappa shape index (κ1) is 16.0. The third kappa shape index (κ3) is 3.57. The third-order valence-corrected chi connectivity index (χ3v) is 4.53. The Bertz CT molecular complexity index is 694. The van der Waals surface area contributed by atoms with Gasteiger partial charge < -0.3 is 9.64 Å². The van der Waals surface area contributed by atoms with Crippen LogP contribution in [0.4, 0.5) is 0 Å². The van der Waals surface area contributed by atoms with Crippen LogP contribution in [0.2, 0.25) is 5.02 Å². The molecular formula is C17H20ClN3O2. The number of amides is 1. The summed E-state index contributed by atoms with van der Waals surface area (Å²) >= 11 is 6.21. The number of ether oxygens (including phenoxy) is 1. The van der Waals surface area contributed by atoms with Gasteiger partial charge in [-0.2, -0.15) is 5.10 Å². The van der Waals surface area contributed by atoms with Crippen molar-refractivity contribution in [2.45, 2.75) is 19.4 Å². The molecule has 23 heavy (non-hydrogen) atoms. The molecule has 6 heteroatoms. The van der Waals surface area contributed by atoms with E-state index >= 15 is 0 Å². The molecule has 1 fully saturated rings. The SMILES string of the molecule is Cc1cc(C(=O)N2CCO[C@H](Cc3ccccc3Cl)C2)nn1C. The molecular weight excluding hydrogens is 314 g/mol. The van der Waals surface area contributed by atoms with E-state index < -0.39 is 0 Å². The van der Waals surface area contributed by atoms with Gasteiger partial charge in [-0.25, -0.2) is 0 Å². The summed E-state index contributed by atoms with van der Waals surface area (Å²) in [6, 6.07) is 9.56. The zero-order valence-corrected chi connectivity index (χ0v) is 14.1. The lowest BCUT2D eigenvalue weighted by Crippen LogP contribution is -2.46. The second-order valence-corrected chi connectivity index (χ2v) is 6.24. The maximum absolute atomic E-state index is 12.6. The van der Waals surface area contributed by atoms with Crippen LogP contribution in [0.3, 0.4) is 0 Å². The molecule has 1 aliphatic rings. The third-order valence-electron chi connectivity index (χ3n) is 4.16. The van der Waals surface area contributed by atoms with Gasteiger partial charge in [-0.15, -0.1) is 0 Å². The molecule has 1 aromatic carbocycles. The summed E-state index contributed by atoms with van der Waals surface area (Å²) in [7, 11) is 1.84. The van der Waals surface area contributed by atoms with E-state index in [0.717, 1.165) is 16.3 Å². The minimum Gasteiger partial charge on any atom is -0.374 e. The van der Waals surface area contributed by atoms with Crippen molar-refractivity contribution >= 4 is 17.5 Å². The lowest BCUT2D eigenvalue weighted by Gasteiger charge is -2.32. The first-order valence-electron chi connectivity index (χ1n) is 7.69. The minimum atomic E-state index is -0.0441. The number of aromatic nitrogens is 2. The van der Waals surface area contributed by atoms with Crippen LogP contribution < -0.4 is 0 Å². The number of aryl methyl sites for hydroxylation is 2. The predicted octanol–water partition coefficient (Wildman–Crippen LogP) is 2.47. The summed E-state index contributed by atoms with van der Waals surface area (Å²) in [5.74, 6) is -0.0406. The second-order valence-electron chi connectivity index (χ2n) is 5.83. The Morgan fingerprint density at radius 2 is 2.22 bits per heavy atom. The molecule has 1 saturated heterocycles. The molecule has 3 rings (SSSR count). The van der Waals surface area contributed by atoms with Gasteiger partial charge in [0.2, 0.25) is 0 Å². The quantitative estimate of drug-likeness (QED) is 0.867. The average molecular weight is 334 g/mol. The number of hydrogen-bond donors (Lipinski definition) is 0. The molecule has 0 unspecified atom stereocenters. The lowest BCUT2D eigenvalue weighted by molar-refractivity contribution is -0.0210. The van der Waals surface area contributed by atoms with Gasteiger partial charge in [-0.1, -0.05) is 29.8 Å². The van der Waals surface area contributed by atoms with Crippen LogP contribution >= 0.6 is 11.6 Å². The Morgan fingerprint density at radius 1 is 1.43 bits per heavy atom. The van der Waals surface area contributed by atoms with E-state index in [4.69, 9.17) is 16.3 Å². The molecule has 0 spiro atoms. The molecule has 1 aliphatic heterocycles. The molecule has 0 bridgehead atoms. The molecule has 5 nitrogen and oxygen atoms in total. The molecule has 0 saturated carbocycles. The molecule has 0 N–H and O–H groups in total. The van der Waals surface area contributed by atoms with Gasteiger partial charge in [-0.3, -0.25) is 9.48 Å². The van der Waals surface area contributed by atoms with E-state index in [1.807, 2.05) is 49.2 Å². The Labute approximate surface area is 140 Å². The summed E-state index contributed by atoms with van der Waals surface area (Å²) in [5.41, 5.74) is 2.50. The highest BCUT2D eigenvalue weighted by molar-refractivity contribution is 6.31. The van der Waals surface area contributed by atoms with Crippen molar-refractivity contribution in [1.29, 1.82) is 0 Å². The highest BCUT2D eigenvalue weighted by Gasteiger charge is 2.27. The van der Waals surface area contributed by atoms with Crippen molar-refractivity contribution < 1.29 is 9.53 Å². The van der Waals surface area contributed by atoms with Crippen molar-refractivity contribution in [1.82, 2.24) is 14.7 Å². The second kappa shape index (κ2) is 6.72. The van der Waals surface area contributed by atoms with Gasteiger partial charge in [0.15, 0.2) is 5.69 Å². The van der Waals surface area contributed by atoms with Crippen LogP contribution in [-0.4, -0.2) is 46.4 Å². The average Bonchev–Trinajstić information content (AvgIpc) is 2.88. The molecule has 1 aromatic heterocycles. The van der Waals surface area contributed by atoms with Crippen LogP contribution in [0.25, 0.3) is 0 Å². The highest BCUT2D eigenvalue weighted by atomic mass is 35.5. The van der Waals surface area contributed by atoms with Gasteiger partial charge in [0.05, 0.1) is 12.7 Å². The van der Waals surface area contributed by atoms with Crippen LogP contribution in [0, 0.1) is 6.92 Å². The Kier molecular flexibility index (Phi) is 4.68. The molecule has 1 atom stereocenters. The van der Waals surface area contributed by atoms with Gasteiger partial charge >= 0.3 is 0 Å². The van der Waals surface area contributed by atoms with Crippen molar-refractivity contribution in [3.8, 4) is 0 Å². The number of morpholine rings is 1. The number of halogens is 1. The zero-order chi connectivity index (χ0) is 16.4. The fourth-order valence-corrected chi connectivity index (χ4v) is 2.98. The molecule has 0 radical (unpaired) electrons. The summed E-state index contributed by atoms with van der Waals surface area (Å²) in [6.45, 7) is 3.61. The van der Waals surface area contributed by atoms with Gasteiger partial charge in [0.1, 0.15) is 0 Å². The smallest absolute Gasteiger partial charge is 0.274 e. The van der Waals surface area contributed by atoms with E-state index in [9.17, 15) is 4.79 Å². The van der Waals surface area contributed by atoms with E-state index in [2.05, 4.69) is 5.10 Å². The van der Waals surface area contributed by atoms with E-state index in [1.54, 1.807) is 4.68 Å². The number of carbonyl (C=O) groups is 1. The van der Waals surface area contributed by atoms with Crippen molar-refractivity contribution in [2.24, 2.45) is 7.05 Å². The van der Waals surface area contributed by atoms with Crippen LogP contribution in [-0.2, 0) is 18.2 Å². The lowest BCUT2D eigenvalue weighted by atomic mass is 10.1. The maximum atomic E-state index is 12.6. The number of hydrogen-bond acceptors (Lipinski definition) is 3. The zero-order valence-electron chi connectivity index (χ0n) is 13.3. The number of rotatable bonds is 3. The molecule has 122 valence electrons. The Hall–Kier alpha value is -1.85. The summed E-state index contributed by atoms with van der Waals surface area (Å²) in [5, 5.41) is 5.01. The summed E-state index contributed by atoms with van der Waals surface area (Å²) in [4.78, 5) is 14.4. The van der Waals surface area contributed by atoms with Crippen LogP contribution in [0.15, 0.2) is 30.3 Å². The monoisotopic (exact) mass is 333 g/mol. The minimum absolute atomic E-state index is 0.0406. The van der Waals surface area contributed by atoms with Crippen molar-refractivity contribution in [3.63, 3.8) is 0 Å². The molecule has 2 aromatic rings. The Balaban J connectivity index is 1.68. The first-order chi connectivity index (χ1) is 11.0. The largest absolute Gasteiger partial charge is 0.374 e. The van der Waals surface area contributed by atoms with E-state index in [0.29, 0.717) is 31.8 Å². The van der Waals surface area contributed by atoms with Crippen LogP contribution in [0.5, 0.6) is 0 Å².